The maximum Gasteiger partial charge on any atom is 0.325 e. The fourth-order valence-corrected chi connectivity index (χ4v) is 1.78. The predicted molar refractivity (Wildman–Crippen MR) is 76.6 cm³/mol. The smallest absolute Gasteiger partial charge is 0.325 e. The standard InChI is InChI=1S/C13H14ClN3O3/c1-7-4-10(11(19-3)6-9(7)14)15-13(18)16-12-5-8(2)20-17-12/h4-6H,1-3H3,(H2,15,16,17,18). The zero-order valence-corrected chi connectivity index (χ0v) is 12.0. The molecular formula is C13H14ClN3O3. The van der Waals surface area contributed by atoms with Gasteiger partial charge in [0.15, 0.2) is 5.82 Å². The SMILES string of the molecule is COc1cc(Cl)c(C)cc1NC(=O)Nc1cc(C)on1. The van der Waals surface area contributed by atoms with Crippen LogP contribution >= 0.6 is 11.6 Å². The lowest BCUT2D eigenvalue weighted by Crippen LogP contribution is -2.20. The number of nitrogens with one attached hydrogen (secondary N) is 2. The molecule has 0 radical (unpaired) electrons. The van der Waals surface area contributed by atoms with Gasteiger partial charge in [-0.1, -0.05) is 16.8 Å². The molecule has 2 amide bonds. The third-order valence-electron chi connectivity index (χ3n) is 2.60. The van der Waals surface area contributed by atoms with E-state index in [2.05, 4.69) is 15.8 Å². The molecule has 1 aromatic heterocycles. The average Bonchev–Trinajstić information content (AvgIpc) is 2.78. The quantitative estimate of drug-likeness (QED) is 0.907. The van der Waals surface area contributed by atoms with Gasteiger partial charge in [-0.05, 0) is 25.5 Å². The van der Waals surface area contributed by atoms with Crippen molar-refractivity contribution in [3.63, 3.8) is 0 Å². The predicted octanol–water partition coefficient (Wildman–Crippen LogP) is 3.60. The summed E-state index contributed by atoms with van der Waals surface area (Å²) in [4.78, 5) is 11.9. The number of hydrogen-bond donors (Lipinski definition) is 2. The molecule has 6 nitrogen and oxygen atoms in total. The Hall–Kier alpha value is -2.21. The van der Waals surface area contributed by atoms with Gasteiger partial charge in [0.1, 0.15) is 11.5 Å². The number of ether oxygens (including phenoxy) is 1. The van der Waals surface area contributed by atoms with Crippen LogP contribution in [-0.2, 0) is 0 Å². The summed E-state index contributed by atoms with van der Waals surface area (Å²) in [6, 6.07) is 4.55. The first-order chi connectivity index (χ1) is 9.49. The van der Waals surface area contributed by atoms with E-state index in [-0.39, 0.29) is 0 Å². The van der Waals surface area contributed by atoms with E-state index in [1.165, 1.54) is 7.11 Å². The van der Waals surface area contributed by atoms with Gasteiger partial charge in [-0.2, -0.15) is 0 Å². The Morgan fingerprint density at radius 3 is 2.65 bits per heavy atom. The van der Waals surface area contributed by atoms with Crippen molar-refractivity contribution in [3.05, 3.63) is 34.5 Å². The summed E-state index contributed by atoms with van der Waals surface area (Å²) in [6.45, 7) is 3.58. The fourth-order valence-electron chi connectivity index (χ4n) is 1.63. The van der Waals surface area contributed by atoms with E-state index in [0.717, 1.165) is 5.56 Å². The van der Waals surface area contributed by atoms with Crippen molar-refractivity contribution in [2.45, 2.75) is 13.8 Å². The van der Waals surface area contributed by atoms with Gasteiger partial charge in [0.25, 0.3) is 0 Å². The number of anilines is 2. The van der Waals surface area contributed by atoms with Crippen LogP contribution in [0, 0.1) is 13.8 Å². The zero-order valence-electron chi connectivity index (χ0n) is 11.3. The van der Waals surface area contributed by atoms with E-state index in [0.29, 0.717) is 28.0 Å². The number of carbonyl (C=O) groups excluding carboxylic acids is 1. The van der Waals surface area contributed by atoms with Crippen molar-refractivity contribution in [1.29, 1.82) is 0 Å². The lowest BCUT2D eigenvalue weighted by molar-refractivity contribution is 0.261. The molecule has 0 aliphatic rings. The Bertz CT molecular complexity index is 640. The number of aryl methyl sites for hydroxylation is 2. The molecule has 7 heteroatoms. The third kappa shape index (κ3) is 3.21. The van der Waals surface area contributed by atoms with E-state index < -0.39 is 6.03 Å². The number of nitrogens with zero attached hydrogens (tertiary/aromatic N) is 1. The molecule has 2 N–H and O–H groups in total. The highest BCUT2D eigenvalue weighted by Crippen LogP contribution is 2.30. The van der Waals surface area contributed by atoms with Crippen LogP contribution in [-0.4, -0.2) is 18.3 Å². The molecule has 0 unspecified atom stereocenters. The zero-order chi connectivity index (χ0) is 14.7. The second-order valence-corrected chi connectivity index (χ2v) is 4.61. The summed E-state index contributed by atoms with van der Waals surface area (Å²) in [6.07, 6.45) is 0. The molecule has 0 spiro atoms. The van der Waals surface area contributed by atoms with E-state index in [9.17, 15) is 4.79 Å². The van der Waals surface area contributed by atoms with Crippen LogP contribution in [0.2, 0.25) is 5.02 Å². The number of methoxy groups -OCH3 is 1. The Morgan fingerprint density at radius 2 is 2.05 bits per heavy atom. The van der Waals surface area contributed by atoms with Crippen LogP contribution in [0.4, 0.5) is 16.3 Å². The molecule has 0 aliphatic carbocycles. The largest absolute Gasteiger partial charge is 0.495 e. The minimum Gasteiger partial charge on any atom is -0.495 e. The molecule has 106 valence electrons. The molecule has 2 rings (SSSR count). The maximum atomic E-state index is 11.9. The summed E-state index contributed by atoms with van der Waals surface area (Å²) < 4.78 is 10.0. The van der Waals surface area contributed by atoms with Gasteiger partial charge in [-0.15, -0.1) is 0 Å². The summed E-state index contributed by atoms with van der Waals surface area (Å²) in [5.41, 5.74) is 1.35. The number of rotatable bonds is 3. The van der Waals surface area contributed by atoms with Gasteiger partial charge in [0, 0.05) is 17.2 Å². The monoisotopic (exact) mass is 295 g/mol. The topological polar surface area (TPSA) is 76.4 Å². The van der Waals surface area contributed by atoms with Crippen molar-refractivity contribution in [3.8, 4) is 5.75 Å². The second-order valence-electron chi connectivity index (χ2n) is 4.20. The molecule has 0 saturated carbocycles. The van der Waals surface area contributed by atoms with E-state index >= 15 is 0 Å². The molecule has 0 atom stereocenters. The minimum atomic E-state index is -0.446. The number of halogens is 1. The molecule has 1 heterocycles. The van der Waals surface area contributed by atoms with E-state index in [1.54, 1.807) is 25.1 Å². The van der Waals surface area contributed by atoms with Gasteiger partial charge < -0.3 is 14.6 Å². The van der Waals surface area contributed by atoms with Crippen molar-refractivity contribution in [2.24, 2.45) is 0 Å². The normalized spacial score (nSPS) is 10.2. The molecular weight excluding hydrogens is 282 g/mol. The number of benzene rings is 1. The molecule has 0 saturated heterocycles. The molecule has 2 aromatic rings. The first-order valence-corrected chi connectivity index (χ1v) is 6.23. The van der Waals surface area contributed by atoms with Gasteiger partial charge in [0.05, 0.1) is 12.8 Å². The van der Waals surface area contributed by atoms with Crippen LogP contribution in [0.25, 0.3) is 0 Å². The highest BCUT2D eigenvalue weighted by molar-refractivity contribution is 6.31. The first kappa shape index (κ1) is 14.2. The van der Waals surface area contributed by atoms with Crippen LogP contribution < -0.4 is 15.4 Å². The molecule has 1 aromatic carbocycles. The number of carbonyl (C=O) groups is 1. The van der Waals surface area contributed by atoms with E-state index in [1.807, 2.05) is 6.92 Å². The lowest BCUT2D eigenvalue weighted by atomic mass is 10.2. The second kappa shape index (κ2) is 5.83. The molecule has 0 fully saturated rings. The van der Waals surface area contributed by atoms with Gasteiger partial charge in [-0.25, -0.2) is 4.79 Å². The Morgan fingerprint density at radius 1 is 1.30 bits per heavy atom. The minimum absolute atomic E-state index is 0.338. The lowest BCUT2D eigenvalue weighted by Gasteiger charge is -2.12. The summed E-state index contributed by atoms with van der Waals surface area (Å²) in [5, 5.41) is 9.47. The van der Waals surface area contributed by atoms with Crippen molar-refractivity contribution >= 4 is 29.1 Å². The summed E-state index contributed by atoms with van der Waals surface area (Å²) >= 11 is 6.00. The van der Waals surface area contributed by atoms with Gasteiger partial charge in [0.2, 0.25) is 0 Å². The Balaban J connectivity index is 2.13. The Kier molecular flexibility index (Phi) is 4.14. The molecule has 20 heavy (non-hydrogen) atoms. The maximum absolute atomic E-state index is 11.9. The van der Waals surface area contributed by atoms with Gasteiger partial charge in [-0.3, -0.25) is 5.32 Å². The molecule has 0 aliphatic heterocycles. The number of amides is 2. The number of urea groups is 1. The highest BCUT2D eigenvalue weighted by Gasteiger charge is 2.11. The van der Waals surface area contributed by atoms with Crippen molar-refractivity contribution in [2.75, 3.05) is 17.7 Å². The average molecular weight is 296 g/mol. The number of hydrogen-bond acceptors (Lipinski definition) is 4. The van der Waals surface area contributed by atoms with Crippen LogP contribution in [0.15, 0.2) is 22.7 Å². The van der Waals surface area contributed by atoms with Gasteiger partial charge >= 0.3 is 6.03 Å². The van der Waals surface area contributed by atoms with Crippen molar-refractivity contribution in [1.82, 2.24) is 5.16 Å². The van der Waals surface area contributed by atoms with Crippen LogP contribution in [0.3, 0.4) is 0 Å². The summed E-state index contributed by atoms with van der Waals surface area (Å²) in [7, 11) is 1.51. The van der Waals surface area contributed by atoms with Crippen LogP contribution in [0.1, 0.15) is 11.3 Å². The van der Waals surface area contributed by atoms with E-state index in [4.69, 9.17) is 20.9 Å². The fraction of sp³-hybridized carbons (Fsp3) is 0.231. The molecule has 0 bridgehead atoms. The Labute approximate surface area is 121 Å². The third-order valence-corrected chi connectivity index (χ3v) is 3.01. The highest BCUT2D eigenvalue weighted by atomic mass is 35.5. The van der Waals surface area contributed by atoms with Crippen LogP contribution in [0.5, 0.6) is 5.75 Å². The van der Waals surface area contributed by atoms with Crippen molar-refractivity contribution < 1.29 is 14.1 Å². The first-order valence-electron chi connectivity index (χ1n) is 5.85. The number of aromatic nitrogens is 1. The summed E-state index contributed by atoms with van der Waals surface area (Å²) in [5.74, 6) is 1.43.